The van der Waals surface area contributed by atoms with Crippen molar-refractivity contribution in [3.8, 4) is 11.5 Å². The summed E-state index contributed by atoms with van der Waals surface area (Å²) >= 11 is 0. The summed E-state index contributed by atoms with van der Waals surface area (Å²) in [5, 5.41) is 3.41. The largest absolute Gasteiger partial charge is 0.349 e. The van der Waals surface area contributed by atoms with Gasteiger partial charge in [0.15, 0.2) is 22.8 Å². The molecule has 0 radical (unpaired) electrons. The van der Waals surface area contributed by atoms with Crippen LogP contribution in [0.15, 0.2) is 38.8 Å². The van der Waals surface area contributed by atoms with Gasteiger partial charge < -0.3 is 14.5 Å². The molecule has 0 saturated carbocycles. The number of aryl methyl sites for hydroxylation is 4. The molecule has 2 aromatic carbocycles. The first-order valence-electron chi connectivity index (χ1n) is 14.2. The lowest BCUT2D eigenvalue weighted by molar-refractivity contribution is -0.116. The zero-order chi connectivity index (χ0) is 31.0. The number of nitrogens with one attached hydrogen (secondary N) is 2. The molecule has 1 aromatic heterocycles. The molecule has 2 aliphatic heterocycles. The molecule has 0 spiro atoms. The summed E-state index contributed by atoms with van der Waals surface area (Å²) in [6, 6.07) is 7.90. The number of ketones is 1. The van der Waals surface area contributed by atoms with Gasteiger partial charge in [-0.05, 0) is 73.7 Å². The van der Waals surface area contributed by atoms with Crippen LogP contribution in [0.3, 0.4) is 0 Å². The van der Waals surface area contributed by atoms with Crippen molar-refractivity contribution in [1.29, 1.82) is 0 Å². The molecule has 3 heterocycles. The Morgan fingerprint density at radius 3 is 2.16 bits per heavy atom. The van der Waals surface area contributed by atoms with Crippen molar-refractivity contribution in [2.75, 3.05) is 13.1 Å². The lowest BCUT2D eigenvalue weighted by atomic mass is 10.0. The molecule has 222 valence electrons. The quantitative estimate of drug-likeness (QED) is 0.160. The lowest BCUT2D eigenvalue weighted by Crippen LogP contribution is -2.34. The molecule has 0 atom stereocenters. The van der Waals surface area contributed by atoms with Gasteiger partial charge in [0.25, 0.3) is 5.56 Å². The number of carbonyl (C=O) groups excluding carboxylic acids is 2. The standard InChI is InChI=1S/C31H34N8O4/c1-7-21-15-23-25(14-18(21)4)38(28(33-20(6)41)26(34-23)19(5)40)10-8-32-9-11-39-24-13-17(3)16(2)12-22(24)35-27-29(39)36-31(43)37-30(27)42/h12-15,32H,7-11H2,1-6H3,(H,37,42,43). The average Bonchev–Trinajstić information content (AvgIpc) is 2.93. The van der Waals surface area contributed by atoms with Gasteiger partial charge in [-0.25, -0.2) is 14.8 Å². The first-order chi connectivity index (χ1) is 20.5. The van der Waals surface area contributed by atoms with Crippen molar-refractivity contribution >= 4 is 33.8 Å². The van der Waals surface area contributed by atoms with E-state index in [0.29, 0.717) is 37.2 Å². The summed E-state index contributed by atoms with van der Waals surface area (Å²) in [6.07, 6.45) is 0.823. The molecule has 2 N–H and O–H groups in total. The Morgan fingerprint density at radius 1 is 0.860 bits per heavy atom. The third kappa shape index (κ3) is 5.78. The van der Waals surface area contributed by atoms with Crippen molar-refractivity contribution in [3.05, 3.63) is 78.5 Å². The van der Waals surface area contributed by atoms with E-state index in [-0.39, 0.29) is 28.5 Å². The van der Waals surface area contributed by atoms with E-state index in [9.17, 15) is 19.2 Å². The van der Waals surface area contributed by atoms with E-state index < -0.39 is 17.2 Å². The number of hydrogen-bond acceptors (Lipinski definition) is 8. The molecule has 0 unspecified atom stereocenters. The average molecular weight is 583 g/mol. The predicted molar refractivity (Wildman–Crippen MR) is 163 cm³/mol. The number of amides is 1. The number of nitrogens with zero attached hydrogens (tertiary/aromatic N) is 6. The maximum Gasteiger partial charge on any atom is 0.349 e. The van der Waals surface area contributed by atoms with Crippen molar-refractivity contribution in [2.45, 2.75) is 61.1 Å². The fraction of sp³-hybridized carbons (Fsp3) is 0.355. The lowest BCUT2D eigenvalue weighted by Gasteiger charge is -2.19. The molecule has 1 amide bonds. The fourth-order valence-corrected chi connectivity index (χ4v) is 5.33. The molecular formula is C31H34N8O4. The molecule has 12 nitrogen and oxygen atoms in total. The first kappa shape index (κ1) is 29.6. The van der Waals surface area contributed by atoms with Crippen LogP contribution in [0.1, 0.15) is 53.5 Å². The highest BCUT2D eigenvalue weighted by atomic mass is 16.2. The maximum absolute atomic E-state index is 12.6. The van der Waals surface area contributed by atoms with Crippen molar-refractivity contribution in [2.24, 2.45) is 4.99 Å². The number of aromatic nitrogens is 6. The topological polar surface area (TPSA) is 157 Å². The van der Waals surface area contributed by atoms with Crippen molar-refractivity contribution in [1.82, 2.24) is 34.4 Å². The SMILES string of the molecule is CCc1cc2nc(C(C)=O)c(=NC(C)=O)n(CCNCCn3c4nc(=O)[nH]c(=O)c-4nc4cc(C)c(C)cc43)c2cc1C. The highest BCUT2D eigenvalue weighted by molar-refractivity contribution is 5.94. The van der Waals surface area contributed by atoms with Crippen LogP contribution < -0.4 is 22.1 Å². The van der Waals surface area contributed by atoms with Crippen LogP contribution in [0, 0.1) is 20.8 Å². The van der Waals surface area contributed by atoms with E-state index in [0.717, 1.165) is 39.7 Å². The third-order valence-corrected chi connectivity index (χ3v) is 7.65. The highest BCUT2D eigenvalue weighted by Gasteiger charge is 2.19. The summed E-state index contributed by atoms with van der Waals surface area (Å²) in [5.74, 6) is -0.483. The van der Waals surface area contributed by atoms with Crippen LogP contribution in [0.25, 0.3) is 33.6 Å². The highest BCUT2D eigenvalue weighted by Crippen LogP contribution is 2.23. The van der Waals surface area contributed by atoms with Crippen LogP contribution in [-0.2, 0) is 24.3 Å². The van der Waals surface area contributed by atoms with Crippen LogP contribution >= 0.6 is 0 Å². The summed E-state index contributed by atoms with van der Waals surface area (Å²) < 4.78 is 3.70. The normalized spacial score (nSPS) is 12.1. The number of H-pyrrole nitrogens is 1. The third-order valence-electron chi connectivity index (χ3n) is 7.65. The summed E-state index contributed by atoms with van der Waals surface area (Å²) in [6.45, 7) is 12.6. The maximum atomic E-state index is 12.6. The number of Topliss-reactive ketones (excluding diaryl/α,β-unsaturated/α-hetero) is 1. The fourth-order valence-electron chi connectivity index (χ4n) is 5.33. The van der Waals surface area contributed by atoms with Gasteiger partial charge in [-0.3, -0.25) is 19.4 Å². The zero-order valence-corrected chi connectivity index (χ0v) is 25.2. The van der Waals surface area contributed by atoms with Gasteiger partial charge in [0, 0.05) is 40.0 Å². The molecule has 0 aliphatic carbocycles. The smallest absolute Gasteiger partial charge is 0.321 e. The van der Waals surface area contributed by atoms with Gasteiger partial charge in [-0.1, -0.05) is 6.92 Å². The number of rotatable bonds is 8. The van der Waals surface area contributed by atoms with Crippen LogP contribution in [0.4, 0.5) is 0 Å². The van der Waals surface area contributed by atoms with E-state index in [1.54, 1.807) is 0 Å². The van der Waals surface area contributed by atoms with Gasteiger partial charge in [0.1, 0.15) is 5.69 Å². The van der Waals surface area contributed by atoms with Crippen LogP contribution in [0.2, 0.25) is 0 Å². The summed E-state index contributed by atoms with van der Waals surface area (Å²) in [4.78, 5) is 68.9. The molecule has 0 saturated heterocycles. The number of fused-ring (bicyclic) bond motifs is 3. The predicted octanol–water partition coefficient (Wildman–Crippen LogP) is 2.36. The first-order valence-corrected chi connectivity index (χ1v) is 14.2. The Hall–Kier alpha value is -4.84. The Bertz CT molecular complexity index is 2090. The molecule has 0 bridgehead atoms. The van der Waals surface area contributed by atoms with Gasteiger partial charge >= 0.3 is 5.69 Å². The van der Waals surface area contributed by atoms with Gasteiger partial charge in [-0.2, -0.15) is 9.98 Å². The second-order valence-electron chi connectivity index (χ2n) is 10.7. The molecule has 5 rings (SSSR count). The second-order valence-corrected chi connectivity index (χ2v) is 10.7. The number of carbonyl (C=O) groups is 2. The van der Waals surface area contributed by atoms with E-state index in [2.05, 4.69) is 37.2 Å². The Morgan fingerprint density at radius 2 is 1.49 bits per heavy atom. The number of aromatic amines is 1. The van der Waals surface area contributed by atoms with Crippen LogP contribution in [0.5, 0.6) is 0 Å². The number of hydrogen-bond donors (Lipinski definition) is 2. The molecular weight excluding hydrogens is 548 g/mol. The molecule has 3 aromatic rings. The Kier molecular flexibility index (Phi) is 8.14. The van der Waals surface area contributed by atoms with Gasteiger partial charge in [0.05, 0.1) is 22.1 Å². The summed E-state index contributed by atoms with van der Waals surface area (Å²) in [7, 11) is 0. The minimum Gasteiger partial charge on any atom is -0.321 e. The van der Waals surface area contributed by atoms with E-state index >= 15 is 0 Å². The van der Waals surface area contributed by atoms with Crippen molar-refractivity contribution in [3.63, 3.8) is 0 Å². The molecule has 12 heteroatoms. The molecule has 2 aliphatic rings. The van der Waals surface area contributed by atoms with Gasteiger partial charge in [-0.15, -0.1) is 0 Å². The minimum absolute atomic E-state index is 0.100. The second kappa shape index (κ2) is 11.8. The zero-order valence-electron chi connectivity index (χ0n) is 25.2. The van der Waals surface area contributed by atoms with Crippen LogP contribution in [-0.4, -0.2) is 53.9 Å². The Labute approximate surface area is 246 Å². The van der Waals surface area contributed by atoms with Crippen molar-refractivity contribution < 1.29 is 9.59 Å². The Balaban J connectivity index is 1.49. The summed E-state index contributed by atoms with van der Waals surface area (Å²) in [5.41, 5.74) is 6.31. The molecule has 43 heavy (non-hydrogen) atoms. The number of benzene rings is 2. The van der Waals surface area contributed by atoms with Gasteiger partial charge in [0.2, 0.25) is 5.91 Å². The molecule has 0 fully saturated rings. The van der Waals surface area contributed by atoms with E-state index in [4.69, 9.17) is 0 Å². The van der Waals surface area contributed by atoms with E-state index in [1.807, 2.05) is 54.2 Å². The minimum atomic E-state index is -0.727. The monoisotopic (exact) mass is 582 g/mol. The van der Waals surface area contributed by atoms with E-state index in [1.165, 1.54) is 13.8 Å².